The van der Waals surface area contributed by atoms with Gasteiger partial charge in [0.1, 0.15) is 0 Å². The van der Waals surface area contributed by atoms with Crippen molar-refractivity contribution in [2.45, 2.75) is 69.4 Å². The molecule has 102 valence electrons. The van der Waals surface area contributed by atoms with Crippen LogP contribution in [0.1, 0.15) is 57.8 Å². The maximum absolute atomic E-state index is 11.9. The molecule has 0 spiro atoms. The third kappa shape index (κ3) is 3.37. The summed E-state index contributed by atoms with van der Waals surface area (Å²) in [6, 6.07) is 0.0818. The van der Waals surface area contributed by atoms with Crippen LogP contribution in [-0.2, 0) is 4.79 Å². The van der Waals surface area contributed by atoms with E-state index in [2.05, 4.69) is 10.6 Å². The fourth-order valence-electron chi connectivity index (χ4n) is 3.22. The van der Waals surface area contributed by atoms with E-state index in [1.165, 1.54) is 12.8 Å². The summed E-state index contributed by atoms with van der Waals surface area (Å²) in [5, 5.41) is 14.8. The van der Waals surface area contributed by atoms with Crippen LogP contribution in [0.5, 0.6) is 0 Å². The summed E-state index contributed by atoms with van der Waals surface area (Å²) in [7, 11) is 0. The monoisotopic (exact) mass is 254 g/mol. The molecule has 2 aliphatic carbocycles. The second-order valence-corrected chi connectivity index (χ2v) is 5.64. The van der Waals surface area contributed by atoms with Crippen LogP contribution in [0, 0.1) is 0 Å². The summed E-state index contributed by atoms with van der Waals surface area (Å²) < 4.78 is 0. The fourth-order valence-corrected chi connectivity index (χ4v) is 3.22. The molecule has 2 fully saturated rings. The van der Waals surface area contributed by atoms with Gasteiger partial charge in [0.2, 0.25) is 0 Å². The quantitative estimate of drug-likeness (QED) is 0.718. The van der Waals surface area contributed by atoms with Crippen LogP contribution in [-0.4, -0.2) is 28.7 Å². The molecular formula is C13H22N2O3. The number of carbonyl (C=O) groups excluding carboxylic acids is 1. The summed E-state index contributed by atoms with van der Waals surface area (Å²) >= 11 is 0. The molecule has 0 heterocycles. The van der Waals surface area contributed by atoms with Crippen molar-refractivity contribution in [2.24, 2.45) is 0 Å². The van der Waals surface area contributed by atoms with Gasteiger partial charge in [0, 0.05) is 6.04 Å². The standard InChI is InChI=1S/C13H22N2O3/c16-11(17)9-13(7-3-4-8-13)15-12(18)14-10-5-1-2-6-10/h10H,1-9H2,(H,16,17)(H2,14,15,18). The number of carboxylic acids is 1. The Bertz CT molecular complexity index is 318. The predicted molar refractivity (Wildman–Crippen MR) is 67.4 cm³/mol. The smallest absolute Gasteiger partial charge is 0.315 e. The molecule has 0 radical (unpaired) electrons. The molecule has 2 saturated carbocycles. The molecular weight excluding hydrogens is 232 g/mol. The van der Waals surface area contributed by atoms with E-state index in [1.54, 1.807) is 0 Å². The van der Waals surface area contributed by atoms with Gasteiger partial charge in [-0.15, -0.1) is 0 Å². The normalized spacial score (nSPS) is 22.9. The third-order valence-corrected chi connectivity index (χ3v) is 4.12. The Kier molecular flexibility index (Phi) is 4.09. The predicted octanol–water partition coefficient (Wildman–Crippen LogP) is 2.02. The van der Waals surface area contributed by atoms with Crippen LogP contribution in [0.25, 0.3) is 0 Å². The molecule has 0 unspecified atom stereocenters. The lowest BCUT2D eigenvalue weighted by Crippen LogP contribution is -2.53. The molecule has 0 aromatic carbocycles. The van der Waals surface area contributed by atoms with Gasteiger partial charge in [-0.05, 0) is 25.7 Å². The maximum Gasteiger partial charge on any atom is 0.315 e. The number of rotatable bonds is 4. The second kappa shape index (κ2) is 5.59. The zero-order chi connectivity index (χ0) is 13.0. The topological polar surface area (TPSA) is 78.4 Å². The Morgan fingerprint density at radius 2 is 1.72 bits per heavy atom. The number of carboxylic acid groups (broad SMARTS) is 1. The number of carbonyl (C=O) groups is 2. The van der Waals surface area contributed by atoms with Gasteiger partial charge in [-0.1, -0.05) is 25.7 Å². The van der Waals surface area contributed by atoms with Gasteiger partial charge < -0.3 is 15.7 Å². The van der Waals surface area contributed by atoms with Crippen LogP contribution >= 0.6 is 0 Å². The number of aliphatic carboxylic acids is 1. The van der Waals surface area contributed by atoms with Gasteiger partial charge in [-0.3, -0.25) is 4.79 Å². The van der Waals surface area contributed by atoms with Gasteiger partial charge in [0.25, 0.3) is 0 Å². The number of nitrogens with one attached hydrogen (secondary N) is 2. The molecule has 18 heavy (non-hydrogen) atoms. The van der Waals surface area contributed by atoms with Crippen molar-refractivity contribution in [3.05, 3.63) is 0 Å². The first-order valence-electron chi connectivity index (χ1n) is 6.90. The number of hydrogen-bond donors (Lipinski definition) is 3. The number of urea groups is 1. The zero-order valence-electron chi connectivity index (χ0n) is 10.7. The minimum Gasteiger partial charge on any atom is -0.481 e. The summed E-state index contributed by atoms with van der Waals surface area (Å²) in [5.74, 6) is -0.835. The van der Waals surface area contributed by atoms with Crippen molar-refractivity contribution in [3.8, 4) is 0 Å². The van der Waals surface area contributed by atoms with Crippen molar-refractivity contribution < 1.29 is 14.7 Å². The van der Waals surface area contributed by atoms with Crippen LogP contribution in [0.2, 0.25) is 0 Å². The fraction of sp³-hybridized carbons (Fsp3) is 0.846. The van der Waals surface area contributed by atoms with E-state index >= 15 is 0 Å². The van der Waals surface area contributed by atoms with Gasteiger partial charge >= 0.3 is 12.0 Å². The molecule has 2 amide bonds. The van der Waals surface area contributed by atoms with Crippen molar-refractivity contribution >= 4 is 12.0 Å². The van der Waals surface area contributed by atoms with Crippen molar-refractivity contribution in [2.75, 3.05) is 0 Å². The molecule has 3 N–H and O–H groups in total. The molecule has 0 aliphatic heterocycles. The molecule has 2 aliphatic rings. The molecule has 2 rings (SSSR count). The van der Waals surface area contributed by atoms with Crippen molar-refractivity contribution in [1.82, 2.24) is 10.6 Å². The molecule has 0 aromatic rings. The Hall–Kier alpha value is -1.26. The molecule has 5 nitrogen and oxygen atoms in total. The highest BCUT2D eigenvalue weighted by Gasteiger charge is 2.37. The lowest BCUT2D eigenvalue weighted by molar-refractivity contribution is -0.138. The van der Waals surface area contributed by atoms with E-state index in [4.69, 9.17) is 5.11 Å². The number of hydrogen-bond acceptors (Lipinski definition) is 2. The maximum atomic E-state index is 11.9. The average molecular weight is 254 g/mol. The second-order valence-electron chi connectivity index (χ2n) is 5.64. The van der Waals surface area contributed by atoms with Crippen LogP contribution in [0.15, 0.2) is 0 Å². The van der Waals surface area contributed by atoms with Gasteiger partial charge in [-0.2, -0.15) is 0 Å². The first kappa shape index (κ1) is 13.2. The highest BCUT2D eigenvalue weighted by atomic mass is 16.4. The molecule has 5 heteroatoms. The van der Waals surface area contributed by atoms with Gasteiger partial charge in [-0.25, -0.2) is 4.79 Å². The van der Waals surface area contributed by atoms with E-state index in [0.29, 0.717) is 0 Å². The minimum absolute atomic E-state index is 0.0328. The highest BCUT2D eigenvalue weighted by Crippen LogP contribution is 2.32. The van der Waals surface area contributed by atoms with E-state index in [0.717, 1.165) is 38.5 Å². The first-order valence-corrected chi connectivity index (χ1v) is 6.90. The Labute approximate surface area is 107 Å². The molecule has 0 atom stereocenters. The van der Waals surface area contributed by atoms with Crippen LogP contribution < -0.4 is 10.6 Å². The van der Waals surface area contributed by atoms with Crippen molar-refractivity contribution in [1.29, 1.82) is 0 Å². The summed E-state index contributed by atoms with van der Waals surface area (Å²) in [6.45, 7) is 0. The van der Waals surface area contributed by atoms with Gasteiger partial charge in [0.15, 0.2) is 0 Å². The van der Waals surface area contributed by atoms with E-state index in [-0.39, 0.29) is 18.5 Å². The Morgan fingerprint density at radius 1 is 1.11 bits per heavy atom. The Balaban J connectivity index is 1.87. The first-order chi connectivity index (χ1) is 8.60. The lowest BCUT2D eigenvalue weighted by Gasteiger charge is -2.29. The number of amides is 2. The minimum atomic E-state index is -0.835. The average Bonchev–Trinajstić information content (AvgIpc) is 2.89. The molecule has 0 saturated heterocycles. The third-order valence-electron chi connectivity index (χ3n) is 4.12. The van der Waals surface area contributed by atoms with Crippen LogP contribution in [0.4, 0.5) is 4.79 Å². The van der Waals surface area contributed by atoms with E-state index in [9.17, 15) is 9.59 Å². The van der Waals surface area contributed by atoms with Gasteiger partial charge in [0.05, 0.1) is 12.0 Å². The van der Waals surface area contributed by atoms with Crippen LogP contribution in [0.3, 0.4) is 0 Å². The largest absolute Gasteiger partial charge is 0.481 e. The summed E-state index contributed by atoms with van der Waals surface area (Å²) in [6.07, 6.45) is 8.00. The SMILES string of the molecule is O=C(O)CC1(NC(=O)NC2CCCC2)CCCC1. The summed E-state index contributed by atoms with van der Waals surface area (Å²) in [4.78, 5) is 22.8. The summed E-state index contributed by atoms with van der Waals surface area (Å²) in [5.41, 5.74) is -0.519. The van der Waals surface area contributed by atoms with Crippen molar-refractivity contribution in [3.63, 3.8) is 0 Å². The molecule has 0 aromatic heterocycles. The zero-order valence-corrected chi connectivity index (χ0v) is 10.7. The molecule has 0 bridgehead atoms. The van der Waals surface area contributed by atoms with E-state index < -0.39 is 11.5 Å². The highest BCUT2D eigenvalue weighted by molar-refractivity contribution is 5.77. The Morgan fingerprint density at radius 3 is 2.28 bits per heavy atom. The van der Waals surface area contributed by atoms with E-state index in [1.807, 2.05) is 0 Å². The lowest BCUT2D eigenvalue weighted by atomic mass is 9.93.